The SMILES string of the molecule is [C-]#[N+]CCC(C)(CC)CC. The summed E-state index contributed by atoms with van der Waals surface area (Å²) in [6.07, 6.45) is 3.45. The Labute approximate surface area is 64.3 Å². The Kier molecular flexibility index (Phi) is 4.11. The van der Waals surface area contributed by atoms with Crippen molar-refractivity contribution in [2.24, 2.45) is 5.41 Å². The van der Waals surface area contributed by atoms with Gasteiger partial charge in [0.15, 0.2) is 0 Å². The highest BCUT2D eigenvalue weighted by Crippen LogP contribution is 2.29. The normalized spacial score (nSPS) is 11.0. The molecule has 0 bridgehead atoms. The molecule has 0 amide bonds. The molecule has 0 aliphatic rings. The molecular weight excluding hydrogens is 122 g/mol. The molecule has 58 valence electrons. The van der Waals surface area contributed by atoms with Crippen LogP contribution in [0.25, 0.3) is 4.85 Å². The first-order valence-corrected chi connectivity index (χ1v) is 4.01. The van der Waals surface area contributed by atoms with Crippen molar-refractivity contribution in [1.29, 1.82) is 0 Å². The van der Waals surface area contributed by atoms with Gasteiger partial charge in [0.2, 0.25) is 6.54 Å². The predicted molar refractivity (Wildman–Crippen MR) is 44.8 cm³/mol. The van der Waals surface area contributed by atoms with Gasteiger partial charge in [0, 0.05) is 6.42 Å². The van der Waals surface area contributed by atoms with Crippen molar-refractivity contribution in [3.8, 4) is 0 Å². The average Bonchev–Trinajstić information content (AvgIpc) is 2.00. The van der Waals surface area contributed by atoms with Gasteiger partial charge in [-0.15, -0.1) is 0 Å². The molecule has 0 spiro atoms. The van der Waals surface area contributed by atoms with Gasteiger partial charge in [-0.3, -0.25) is 0 Å². The minimum absolute atomic E-state index is 0.421. The standard InChI is InChI=1S/C9H17N/c1-5-9(3,6-2)7-8-10-4/h5-8H2,1-3H3. The van der Waals surface area contributed by atoms with E-state index < -0.39 is 0 Å². The first-order valence-electron chi connectivity index (χ1n) is 4.01. The van der Waals surface area contributed by atoms with Gasteiger partial charge in [-0.2, -0.15) is 0 Å². The van der Waals surface area contributed by atoms with Crippen LogP contribution < -0.4 is 0 Å². The number of nitrogens with zero attached hydrogens (tertiary/aromatic N) is 1. The van der Waals surface area contributed by atoms with Crippen molar-refractivity contribution in [3.05, 3.63) is 11.4 Å². The third-order valence-corrected chi connectivity index (χ3v) is 2.53. The molecule has 0 saturated heterocycles. The topological polar surface area (TPSA) is 4.36 Å². The maximum absolute atomic E-state index is 6.66. The lowest BCUT2D eigenvalue weighted by atomic mass is 9.82. The monoisotopic (exact) mass is 139 g/mol. The maximum Gasteiger partial charge on any atom is 0.215 e. The fourth-order valence-corrected chi connectivity index (χ4v) is 0.929. The lowest BCUT2D eigenvalue weighted by Crippen LogP contribution is -2.14. The van der Waals surface area contributed by atoms with Crippen molar-refractivity contribution < 1.29 is 0 Å². The minimum atomic E-state index is 0.421. The van der Waals surface area contributed by atoms with Gasteiger partial charge in [0.1, 0.15) is 0 Å². The lowest BCUT2D eigenvalue weighted by Gasteiger charge is -2.23. The van der Waals surface area contributed by atoms with Gasteiger partial charge < -0.3 is 4.85 Å². The molecular formula is C9H17N. The van der Waals surface area contributed by atoms with Gasteiger partial charge in [0.25, 0.3) is 0 Å². The molecule has 0 aliphatic carbocycles. The van der Waals surface area contributed by atoms with Crippen LogP contribution in [0.15, 0.2) is 0 Å². The summed E-state index contributed by atoms with van der Waals surface area (Å²) in [6.45, 7) is 14.0. The number of hydrogen-bond acceptors (Lipinski definition) is 0. The third kappa shape index (κ3) is 2.87. The van der Waals surface area contributed by atoms with Gasteiger partial charge >= 0.3 is 0 Å². The third-order valence-electron chi connectivity index (χ3n) is 2.53. The summed E-state index contributed by atoms with van der Waals surface area (Å²) in [7, 11) is 0. The summed E-state index contributed by atoms with van der Waals surface area (Å²) in [4.78, 5) is 3.37. The van der Waals surface area contributed by atoms with Crippen molar-refractivity contribution in [2.45, 2.75) is 40.0 Å². The smallest absolute Gasteiger partial charge is 0.215 e. The van der Waals surface area contributed by atoms with Crippen molar-refractivity contribution >= 4 is 0 Å². The summed E-state index contributed by atoms with van der Waals surface area (Å²) in [5.74, 6) is 0. The van der Waals surface area contributed by atoms with Gasteiger partial charge in [0.05, 0.1) is 0 Å². The van der Waals surface area contributed by atoms with E-state index in [1.807, 2.05) is 0 Å². The molecule has 0 heterocycles. The molecule has 0 fully saturated rings. The zero-order valence-electron chi connectivity index (χ0n) is 7.28. The summed E-state index contributed by atoms with van der Waals surface area (Å²) < 4.78 is 0. The summed E-state index contributed by atoms with van der Waals surface area (Å²) >= 11 is 0. The summed E-state index contributed by atoms with van der Waals surface area (Å²) in [6, 6.07) is 0. The quantitative estimate of drug-likeness (QED) is 0.527. The van der Waals surface area contributed by atoms with Gasteiger partial charge in [-0.1, -0.05) is 33.6 Å². The van der Waals surface area contributed by atoms with Crippen molar-refractivity contribution in [1.82, 2.24) is 0 Å². The largest absolute Gasteiger partial charge is 0.317 e. The fraction of sp³-hybridized carbons (Fsp3) is 0.889. The molecule has 0 aromatic carbocycles. The summed E-state index contributed by atoms with van der Waals surface area (Å²) in [5.41, 5.74) is 0.421. The Morgan fingerprint density at radius 1 is 1.30 bits per heavy atom. The van der Waals surface area contributed by atoms with Crippen LogP contribution in [-0.2, 0) is 0 Å². The van der Waals surface area contributed by atoms with Crippen LogP contribution >= 0.6 is 0 Å². The number of rotatable bonds is 4. The highest BCUT2D eigenvalue weighted by atomic mass is 14.6. The molecule has 10 heavy (non-hydrogen) atoms. The molecule has 0 aromatic heterocycles. The lowest BCUT2D eigenvalue weighted by molar-refractivity contribution is 0.284. The highest BCUT2D eigenvalue weighted by molar-refractivity contribution is 4.75. The van der Waals surface area contributed by atoms with E-state index >= 15 is 0 Å². The molecule has 0 N–H and O–H groups in total. The Balaban J connectivity index is 3.71. The van der Waals surface area contributed by atoms with E-state index in [2.05, 4.69) is 25.6 Å². The van der Waals surface area contributed by atoms with E-state index in [0.29, 0.717) is 12.0 Å². The Bertz CT molecular complexity index is 117. The second-order valence-electron chi connectivity index (χ2n) is 3.15. The van der Waals surface area contributed by atoms with Crippen LogP contribution in [0.1, 0.15) is 40.0 Å². The van der Waals surface area contributed by atoms with E-state index in [1.165, 1.54) is 12.8 Å². The number of hydrogen-bond donors (Lipinski definition) is 0. The van der Waals surface area contributed by atoms with E-state index in [-0.39, 0.29) is 0 Å². The first-order chi connectivity index (χ1) is 4.68. The van der Waals surface area contributed by atoms with Crippen LogP contribution in [0, 0.1) is 12.0 Å². The summed E-state index contributed by atoms with van der Waals surface area (Å²) in [5, 5.41) is 0. The average molecular weight is 139 g/mol. The molecule has 0 unspecified atom stereocenters. The van der Waals surface area contributed by atoms with Crippen molar-refractivity contribution in [3.63, 3.8) is 0 Å². The van der Waals surface area contributed by atoms with E-state index in [4.69, 9.17) is 6.57 Å². The van der Waals surface area contributed by atoms with Gasteiger partial charge in [-0.05, 0) is 5.41 Å². The second-order valence-corrected chi connectivity index (χ2v) is 3.15. The van der Waals surface area contributed by atoms with Crippen LogP contribution in [0.5, 0.6) is 0 Å². The van der Waals surface area contributed by atoms with E-state index in [9.17, 15) is 0 Å². The highest BCUT2D eigenvalue weighted by Gasteiger charge is 2.19. The Hall–Kier alpha value is -0.510. The fourth-order valence-electron chi connectivity index (χ4n) is 0.929. The van der Waals surface area contributed by atoms with E-state index in [0.717, 1.165) is 6.42 Å². The predicted octanol–water partition coefficient (Wildman–Crippen LogP) is 3.12. The molecule has 1 nitrogen and oxygen atoms in total. The Morgan fingerprint density at radius 2 is 1.80 bits per heavy atom. The van der Waals surface area contributed by atoms with Gasteiger partial charge in [-0.25, -0.2) is 6.57 Å². The molecule has 0 atom stereocenters. The molecule has 0 rings (SSSR count). The maximum atomic E-state index is 6.66. The first kappa shape index (κ1) is 9.49. The van der Waals surface area contributed by atoms with Crippen molar-refractivity contribution in [2.75, 3.05) is 6.54 Å². The second kappa shape index (κ2) is 4.33. The molecule has 0 aliphatic heterocycles. The van der Waals surface area contributed by atoms with Crippen LogP contribution in [0.4, 0.5) is 0 Å². The zero-order chi connectivity index (χ0) is 8.04. The van der Waals surface area contributed by atoms with Crippen LogP contribution in [0.2, 0.25) is 0 Å². The Morgan fingerprint density at radius 3 is 2.10 bits per heavy atom. The molecule has 0 aromatic rings. The van der Waals surface area contributed by atoms with E-state index in [1.54, 1.807) is 0 Å². The zero-order valence-corrected chi connectivity index (χ0v) is 7.28. The van der Waals surface area contributed by atoms with Crippen LogP contribution in [-0.4, -0.2) is 6.54 Å². The molecule has 1 heteroatoms. The molecule has 0 saturated carbocycles. The molecule has 0 radical (unpaired) electrons. The van der Waals surface area contributed by atoms with Crippen LogP contribution in [0.3, 0.4) is 0 Å². The minimum Gasteiger partial charge on any atom is -0.317 e.